The minimum Gasteiger partial charge on any atom is -0.313 e. The van der Waals surface area contributed by atoms with Crippen molar-refractivity contribution in [2.45, 2.75) is 30.8 Å². The molecule has 1 aromatic rings. The van der Waals surface area contributed by atoms with Crippen molar-refractivity contribution in [2.24, 2.45) is 0 Å². The molecule has 1 saturated heterocycles. The molecule has 0 aliphatic carbocycles. The van der Waals surface area contributed by atoms with Gasteiger partial charge in [0.15, 0.2) is 14.9 Å². The van der Waals surface area contributed by atoms with Crippen molar-refractivity contribution in [1.82, 2.24) is 15.3 Å². The van der Waals surface area contributed by atoms with Crippen LogP contribution < -0.4 is 5.32 Å². The lowest BCUT2D eigenvalue weighted by molar-refractivity contribution is 0.572. The van der Waals surface area contributed by atoms with E-state index >= 15 is 0 Å². The fourth-order valence-electron chi connectivity index (χ4n) is 1.94. The third-order valence-electron chi connectivity index (χ3n) is 2.71. The Morgan fingerprint density at radius 2 is 2.19 bits per heavy atom. The smallest absolute Gasteiger partial charge is 0.198 e. The Hall–Kier alpha value is -1.01. The van der Waals surface area contributed by atoms with Crippen molar-refractivity contribution in [3.63, 3.8) is 0 Å². The van der Waals surface area contributed by atoms with E-state index in [9.17, 15) is 8.42 Å². The number of rotatable bonds is 3. The van der Waals surface area contributed by atoms with E-state index in [0.29, 0.717) is 5.69 Å². The highest BCUT2D eigenvalue weighted by Crippen LogP contribution is 2.15. The van der Waals surface area contributed by atoms with E-state index in [1.54, 1.807) is 6.92 Å². The summed E-state index contributed by atoms with van der Waals surface area (Å²) in [4.78, 5) is 7.87. The summed E-state index contributed by atoms with van der Waals surface area (Å²) in [6.45, 7) is 2.57. The second-order valence-electron chi connectivity index (χ2n) is 4.02. The molecule has 1 aliphatic heterocycles. The lowest BCUT2D eigenvalue weighted by Gasteiger charge is -2.11. The van der Waals surface area contributed by atoms with Crippen LogP contribution in [0.5, 0.6) is 0 Å². The monoisotopic (exact) mass is 241 g/mol. The highest BCUT2D eigenvalue weighted by Gasteiger charge is 2.26. The Morgan fingerprint density at radius 1 is 1.44 bits per heavy atom. The lowest BCUT2D eigenvalue weighted by atomic mass is 10.3. The van der Waals surface area contributed by atoms with Crippen LogP contribution in [-0.2, 0) is 9.84 Å². The van der Waals surface area contributed by atoms with Crippen molar-refractivity contribution in [3.8, 4) is 0 Å². The van der Waals surface area contributed by atoms with Crippen LogP contribution in [0.3, 0.4) is 0 Å². The largest absolute Gasteiger partial charge is 0.313 e. The SMILES string of the molecule is Cc1nccnc1S(=O)(=O)C[C@@H]1CCCN1. The average Bonchev–Trinajstić information content (AvgIpc) is 2.70. The van der Waals surface area contributed by atoms with Gasteiger partial charge in [0.2, 0.25) is 0 Å². The maximum Gasteiger partial charge on any atom is 0.198 e. The molecule has 1 fully saturated rings. The van der Waals surface area contributed by atoms with E-state index in [2.05, 4.69) is 15.3 Å². The number of aryl methyl sites for hydroxylation is 1. The van der Waals surface area contributed by atoms with Gasteiger partial charge in [-0.3, -0.25) is 4.98 Å². The fourth-order valence-corrected chi connectivity index (χ4v) is 3.64. The first-order valence-electron chi connectivity index (χ1n) is 5.33. The van der Waals surface area contributed by atoms with Crippen molar-refractivity contribution in [2.75, 3.05) is 12.3 Å². The summed E-state index contributed by atoms with van der Waals surface area (Å²) in [5, 5.41) is 3.29. The van der Waals surface area contributed by atoms with Gasteiger partial charge < -0.3 is 5.32 Å². The third-order valence-corrected chi connectivity index (χ3v) is 4.54. The van der Waals surface area contributed by atoms with Crippen LogP contribution in [0.2, 0.25) is 0 Å². The summed E-state index contributed by atoms with van der Waals surface area (Å²) in [6, 6.07) is 0.0615. The first-order chi connectivity index (χ1) is 7.59. The molecule has 1 aliphatic rings. The van der Waals surface area contributed by atoms with Crippen molar-refractivity contribution in [3.05, 3.63) is 18.1 Å². The molecule has 1 aromatic heterocycles. The van der Waals surface area contributed by atoms with Gasteiger partial charge in [-0.15, -0.1) is 0 Å². The van der Waals surface area contributed by atoms with Crippen molar-refractivity contribution in [1.29, 1.82) is 0 Å². The molecule has 5 nitrogen and oxygen atoms in total. The fraction of sp³-hybridized carbons (Fsp3) is 0.600. The summed E-state index contributed by atoms with van der Waals surface area (Å²) in [5.74, 6) is 0.118. The van der Waals surface area contributed by atoms with Crippen LogP contribution in [0, 0.1) is 6.92 Å². The molecule has 2 rings (SSSR count). The quantitative estimate of drug-likeness (QED) is 0.824. The van der Waals surface area contributed by atoms with Gasteiger partial charge in [-0.2, -0.15) is 0 Å². The van der Waals surface area contributed by atoms with E-state index in [-0.39, 0.29) is 16.8 Å². The maximum absolute atomic E-state index is 12.1. The Balaban J connectivity index is 2.21. The van der Waals surface area contributed by atoms with Gasteiger partial charge in [0, 0.05) is 18.4 Å². The van der Waals surface area contributed by atoms with E-state index in [0.717, 1.165) is 19.4 Å². The molecule has 6 heteroatoms. The molecule has 0 spiro atoms. The number of aromatic nitrogens is 2. The van der Waals surface area contributed by atoms with Crippen LogP contribution in [0.4, 0.5) is 0 Å². The topological polar surface area (TPSA) is 72.0 Å². The van der Waals surface area contributed by atoms with Crippen LogP contribution >= 0.6 is 0 Å². The zero-order chi connectivity index (χ0) is 11.6. The van der Waals surface area contributed by atoms with Crippen LogP contribution in [-0.4, -0.2) is 36.7 Å². The molecule has 0 bridgehead atoms. The highest BCUT2D eigenvalue weighted by atomic mass is 32.2. The normalized spacial score (nSPS) is 21.2. The van der Waals surface area contributed by atoms with Gasteiger partial charge in [-0.05, 0) is 26.3 Å². The third kappa shape index (κ3) is 2.38. The minimum atomic E-state index is -3.31. The molecule has 2 heterocycles. The van der Waals surface area contributed by atoms with Gasteiger partial charge in [-0.1, -0.05) is 0 Å². The molecule has 0 unspecified atom stereocenters. The minimum absolute atomic E-state index is 0.0615. The highest BCUT2D eigenvalue weighted by molar-refractivity contribution is 7.91. The Labute approximate surface area is 95.2 Å². The molecule has 0 saturated carbocycles. The number of nitrogens with zero attached hydrogens (tertiary/aromatic N) is 2. The predicted molar refractivity (Wildman–Crippen MR) is 59.8 cm³/mol. The van der Waals surface area contributed by atoms with E-state index in [4.69, 9.17) is 0 Å². The first-order valence-corrected chi connectivity index (χ1v) is 6.98. The van der Waals surface area contributed by atoms with Gasteiger partial charge in [-0.25, -0.2) is 13.4 Å². The van der Waals surface area contributed by atoms with E-state index in [1.807, 2.05) is 0 Å². The molecular weight excluding hydrogens is 226 g/mol. The predicted octanol–water partition coefficient (Wildman–Crippen LogP) is 0.311. The Bertz CT molecular complexity index is 467. The summed E-state index contributed by atoms with van der Waals surface area (Å²) in [7, 11) is -3.31. The van der Waals surface area contributed by atoms with Gasteiger partial charge in [0.25, 0.3) is 0 Å². The summed E-state index contributed by atoms with van der Waals surface area (Å²) in [5.41, 5.74) is 0.473. The van der Waals surface area contributed by atoms with Gasteiger partial charge in [0.1, 0.15) is 0 Å². The number of hydrogen-bond donors (Lipinski definition) is 1. The molecule has 88 valence electrons. The zero-order valence-electron chi connectivity index (χ0n) is 9.18. The summed E-state index contributed by atoms with van der Waals surface area (Å²) in [6.07, 6.45) is 4.88. The molecule has 16 heavy (non-hydrogen) atoms. The average molecular weight is 241 g/mol. The van der Waals surface area contributed by atoms with Crippen molar-refractivity contribution >= 4 is 9.84 Å². The second-order valence-corrected chi connectivity index (χ2v) is 5.97. The van der Waals surface area contributed by atoms with Crippen LogP contribution in [0.25, 0.3) is 0 Å². The van der Waals surface area contributed by atoms with Gasteiger partial charge >= 0.3 is 0 Å². The van der Waals surface area contributed by atoms with Gasteiger partial charge in [0.05, 0.1) is 11.4 Å². The lowest BCUT2D eigenvalue weighted by Crippen LogP contribution is -2.30. The summed E-state index contributed by atoms with van der Waals surface area (Å²) >= 11 is 0. The second kappa shape index (κ2) is 4.47. The van der Waals surface area contributed by atoms with E-state index in [1.165, 1.54) is 12.4 Å². The first kappa shape index (κ1) is 11.5. The molecule has 0 radical (unpaired) electrons. The standard InChI is InChI=1S/C10H15N3O2S/c1-8-10(13-6-5-11-8)16(14,15)7-9-3-2-4-12-9/h5-6,9,12H,2-4,7H2,1H3/t9-/m0/s1. The number of sulfone groups is 1. The number of nitrogens with one attached hydrogen (secondary N) is 1. The maximum atomic E-state index is 12.1. The molecule has 0 aromatic carbocycles. The molecular formula is C10H15N3O2S. The van der Waals surface area contributed by atoms with Crippen molar-refractivity contribution < 1.29 is 8.42 Å². The Kier molecular flexibility index (Phi) is 3.20. The Morgan fingerprint density at radius 3 is 2.81 bits per heavy atom. The van der Waals surface area contributed by atoms with Crippen LogP contribution in [0.15, 0.2) is 17.4 Å². The van der Waals surface area contributed by atoms with E-state index < -0.39 is 9.84 Å². The zero-order valence-corrected chi connectivity index (χ0v) is 10.00. The molecule has 1 atom stereocenters. The van der Waals surface area contributed by atoms with Crippen LogP contribution in [0.1, 0.15) is 18.5 Å². The molecule has 1 N–H and O–H groups in total. The number of hydrogen-bond acceptors (Lipinski definition) is 5. The summed E-state index contributed by atoms with van der Waals surface area (Å²) < 4.78 is 24.1. The molecule has 0 amide bonds.